The number of ketones is 1. The third-order valence-corrected chi connectivity index (χ3v) is 6.25. The first-order chi connectivity index (χ1) is 14.1. The Bertz CT molecular complexity index is 1160. The van der Waals surface area contributed by atoms with Crippen molar-refractivity contribution >= 4 is 22.5 Å². The summed E-state index contributed by atoms with van der Waals surface area (Å²) in [5.41, 5.74) is 3.63. The molecule has 5 nitrogen and oxygen atoms in total. The molecule has 1 amide bonds. The van der Waals surface area contributed by atoms with Gasteiger partial charge in [0.15, 0.2) is 5.78 Å². The van der Waals surface area contributed by atoms with Gasteiger partial charge in [-0.3, -0.25) is 14.4 Å². The lowest BCUT2D eigenvalue weighted by Gasteiger charge is -2.32. The van der Waals surface area contributed by atoms with E-state index in [1.54, 1.807) is 4.90 Å². The number of Topliss-reactive ketones (excluding diaryl/α,β-unsaturated/α-hetero) is 1. The fourth-order valence-corrected chi connectivity index (χ4v) is 4.78. The van der Waals surface area contributed by atoms with Crippen molar-refractivity contribution in [1.29, 1.82) is 0 Å². The van der Waals surface area contributed by atoms with Crippen molar-refractivity contribution in [3.63, 3.8) is 0 Å². The molecular formula is C24H22N2O3. The highest BCUT2D eigenvalue weighted by molar-refractivity contribution is 6.11. The molecule has 3 aromatic rings. The summed E-state index contributed by atoms with van der Waals surface area (Å²) in [5.74, 6) is -0.215. The van der Waals surface area contributed by atoms with Crippen LogP contribution in [0.1, 0.15) is 44.7 Å². The average molecular weight is 386 g/mol. The number of hydrogen-bond donors (Lipinski definition) is 1. The molecule has 146 valence electrons. The number of carbonyl (C=O) groups is 2. The van der Waals surface area contributed by atoms with Crippen LogP contribution in [0.25, 0.3) is 10.8 Å². The molecule has 2 heterocycles. The zero-order valence-electron chi connectivity index (χ0n) is 16.1. The van der Waals surface area contributed by atoms with Crippen LogP contribution in [-0.4, -0.2) is 34.7 Å². The minimum absolute atomic E-state index is 0.125. The summed E-state index contributed by atoms with van der Waals surface area (Å²) in [6.07, 6.45) is 5.10. The van der Waals surface area contributed by atoms with Crippen LogP contribution in [-0.2, 0) is 12.8 Å². The Hall–Kier alpha value is -3.21. The number of pyridine rings is 1. The van der Waals surface area contributed by atoms with Crippen molar-refractivity contribution < 1.29 is 9.59 Å². The number of aromatic nitrogens is 1. The Kier molecular flexibility index (Phi) is 4.31. The van der Waals surface area contributed by atoms with Gasteiger partial charge in [0.05, 0.1) is 5.56 Å². The lowest BCUT2D eigenvalue weighted by Crippen LogP contribution is -2.42. The van der Waals surface area contributed by atoms with E-state index in [4.69, 9.17) is 0 Å². The Morgan fingerprint density at radius 3 is 2.62 bits per heavy atom. The van der Waals surface area contributed by atoms with Crippen LogP contribution >= 0.6 is 0 Å². The van der Waals surface area contributed by atoms with Gasteiger partial charge in [-0.2, -0.15) is 0 Å². The Labute approximate surface area is 168 Å². The highest BCUT2D eigenvalue weighted by Crippen LogP contribution is 2.34. The second-order valence-electron chi connectivity index (χ2n) is 8.01. The molecule has 1 saturated heterocycles. The maximum absolute atomic E-state index is 13.4. The van der Waals surface area contributed by atoms with Crippen molar-refractivity contribution in [1.82, 2.24) is 9.88 Å². The zero-order valence-corrected chi connectivity index (χ0v) is 16.1. The Balaban J connectivity index is 1.42. The summed E-state index contributed by atoms with van der Waals surface area (Å²) < 4.78 is 0. The summed E-state index contributed by atoms with van der Waals surface area (Å²) in [6, 6.07) is 13.2. The fourth-order valence-electron chi connectivity index (χ4n) is 4.78. The number of nitrogens with zero attached hydrogens (tertiary/aromatic N) is 1. The number of likely N-dealkylation sites (tertiary alicyclic amines) is 1. The molecule has 1 aliphatic carbocycles. The number of rotatable bonds is 3. The van der Waals surface area contributed by atoms with E-state index in [1.165, 1.54) is 34.8 Å². The quantitative estimate of drug-likeness (QED) is 0.702. The number of hydrogen-bond acceptors (Lipinski definition) is 3. The van der Waals surface area contributed by atoms with Crippen molar-refractivity contribution in [3.8, 4) is 0 Å². The van der Waals surface area contributed by atoms with E-state index in [-0.39, 0.29) is 23.2 Å². The van der Waals surface area contributed by atoms with Gasteiger partial charge in [-0.15, -0.1) is 0 Å². The van der Waals surface area contributed by atoms with Crippen molar-refractivity contribution in [3.05, 3.63) is 81.3 Å². The third kappa shape index (κ3) is 3.07. The maximum Gasteiger partial charge on any atom is 0.255 e. The molecule has 1 N–H and O–H groups in total. The van der Waals surface area contributed by atoms with E-state index >= 15 is 0 Å². The smallest absolute Gasteiger partial charge is 0.255 e. The number of amides is 1. The van der Waals surface area contributed by atoms with Crippen LogP contribution in [0.2, 0.25) is 0 Å². The van der Waals surface area contributed by atoms with Gasteiger partial charge in [-0.05, 0) is 53.6 Å². The summed E-state index contributed by atoms with van der Waals surface area (Å²) in [5, 5.41) is 2.29. The predicted molar refractivity (Wildman–Crippen MR) is 111 cm³/mol. The lowest BCUT2D eigenvalue weighted by molar-refractivity contribution is 0.0637. The molecule has 1 aromatic heterocycles. The summed E-state index contributed by atoms with van der Waals surface area (Å²) >= 11 is 0. The van der Waals surface area contributed by atoms with Gasteiger partial charge < -0.3 is 9.88 Å². The minimum Gasteiger partial charge on any atom is -0.338 e. The normalized spacial score (nSPS) is 18.2. The molecule has 1 fully saturated rings. The Morgan fingerprint density at radius 1 is 1.00 bits per heavy atom. The van der Waals surface area contributed by atoms with Gasteiger partial charge in [0, 0.05) is 36.8 Å². The number of nitrogens with one attached hydrogen (secondary N) is 1. The number of aryl methyl sites for hydroxylation is 2. The first-order valence-electron chi connectivity index (χ1n) is 10.2. The number of piperidine rings is 1. The van der Waals surface area contributed by atoms with Crippen LogP contribution in [0, 0.1) is 5.92 Å². The largest absolute Gasteiger partial charge is 0.338 e. The van der Waals surface area contributed by atoms with E-state index < -0.39 is 0 Å². The monoisotopic (exact) mass is 386 g/mol. The van der Waals surface area contributed by atoms with E-state index in [1.807, 2.05) is 18.2 Å². The van der Waals surface area contributed by atoms with Gasteiger partial charge in [-0.1, -0.05) is 30.3 Å². The van der Waals surface area contributed by atoms with Crippen molar-refractivity contribution in [2.75, 3.05) is 13.1 Å². The van der Waals surface area contributed by atoms with Gasteiger partial charge >= 0.3 is 0 Å². The maximum atomic E-state index is 13.4. The molecule has 5 rings (SSSR count). The first-order valence-corrected chi connectivity index (χ1v) is 10.2. The van der Waals surface area contributed by atoms with E-state index in [2.05, 4.69) is 17.1 Å². The highest BCUT2D eigenvalue weighted by Gasteiger charge is 2.31. The molecule has 0 radical (unpaired) electrons. The molecule has 1 atom stereocenters. The van der Waals surface area contributed by atoms with E-state index in [9.17, 15) is 14.4 Å². The van der Waals surface area contributed by atoms with E-state index in [0.717, 1.165) is 36.6 Å². The molecule has 5 heteroatoms. The van der Waals surface area contributed by atoms with Crippen LogP contribution in [0.5, 0.6) is 0 Å². The third-order valence-electron chi connectivity index (χ3n) is 6.25. The highest BCUT2D eigenvalue weighted by atomic mass is 16.2. The summed E-state index contributed by atoms with van der Waals surface area (Å²) in [6.45, 7) is 1.05. The average Bonchev–Trinajstić information content (AvgIpc) is 3.19. The van der Waals surface area contributed by atoms with E-state index in [0.29, 0.717) is 18.7 Å². The van der Waals surface area contributed by atoms with Crippen LogP contribution in [0.4, 0.5) is 0 Å². The molecule has 29 heavy (non-hydrogen) atoms. The zero-order chi connectivity index (χ0) is 20.0. The second kappa shape index (κ2) is 6.99. The van der Waals surface area contributed by atoms with Gasteiger partial charge in [0.25, 0.3) is 5.91 Å². The molecule has 0 saturated carbocycles. The molecule has 0 spiro atoms. The summed E-state index contributed by atoms with van der Waals surface area (Å²) in [4.78, 5) is 41.8. The molecule has 0 bridgehead atoms. The fraction of sp³-hybridized carbons (Fsp3) is 0.292. The Morgan fingerprint density at radius 2 is 1.83 bits per heavy atom. The molecular weight excluding hydrogens is 364 g/mol. The second-order valence-corrected chi connectivity index (χ2v) is 8.01. The molecule has 2 aromatic carbocycles. The number of H-pyrrole nitrogens is 1. The predicted octanol–water partition coefficient (Wildman–Crippen LogP) is 3.36. The molecule has 1 aliphatic heterocycles. The number of carbonyl (C=O) groups excluding carboxylic acids is 2. The SMILES string of the molecule is O=C(c1ccc2c3c(cccc13)CC2)[C@@H]1CCCN(C(=O)c2ccc(=O)[nH]c2)C1. The van der Waals surface area contributed by atoms with Gasteiger partial charge in [0.2, 0.25) is 5.56 Å². The van der Waals surface area contributed by atoms with Gasteiger partial charge in [-0.25, -0.2) is 0 Å². The van der Waals surface area contributed by atoms with Crippen molar-refractivity contribution in [2.24, 2.45) is 5.92 Å². The lowest BCUT2D eigenvalue weighted by atomic mass is 9.87. The molecule has 2 aliphatic rings. The minimum atomic E-state index is -0.236. The standard InChI is InChI=1S/C24H22N2O3/c27-21-11-9-17(13-25-21)24(29)26-12-2-4-18(14-26)23(28)20-10-8-16-7-6-15-3-1-5-19(20)22(15)16/h1,3,5,8-11,13,18H,2,4,6-7,12,14H2,(H,25,27)/t18-/m1/s1. The molecule has 0 unspecified atom stereocenters. The topological polar surface area (TPSA) is 70.2 Å². The summed E-state index contributed by atoms with van der Waals surface area (Å²) in [7, 11) is 0. The van der Waals surface area contributed by atoms with Crippen LogP contribution in [0.15, 0.2) is 53.5 Å². The number of aromatic amines is 1. The van der Waals surface area contributed by atoms with Crippen LogP contribution in [0.3, 0.4) is 0 Å². The number of benzene rings is 2. The van der Waals surface area contributed by atoms with Crippen molar-refractivity contribution in [2.45, 2.75) is 25.7 Å². The van der Waals surface area contributed by atoms with Crippen LogP contribution < -0.4 is 5.56 Å². The first kappa shape index (κ1) is 17.9. The van der Waals surface area contributed by atoms with Gasteiger partial charge in [0.1, 0.15) is 0 Å².